The second-order valence-corrected chi connectivity index (χ2v) is 5.99. The van der Waals surface area contributed by atoms with Crippen LogP contribution in [0.25, 0.3) is 0 Å². The maximum Gasteiger partial charge on any atom is 0.0847 e. The molecule has 1 aromatic heterocycles. The number of rotatable bonds is 4. The first-order valence-electron chi connectivity index (χ1n) is 7.05. The lowest BCUT2D eigenvalue weighted by atomic mass is 9.93. The van der Waals surface area contributed by atoms with Crippen LogP contribution in [0.3, 0.4) is 0 Å². The molecule has 21 heavy (non-hydrogen) atoms. The zero-order chi connectivity index (χ0) is 14.7. The van der Waals surface area contributed by atoms with Gasteiger partial charge in [0.25, 0.3) is 0 Å². The Kier molecular flexibility index (Phi) is 4.65. The first kappa shape index (κ1) is 14.7. The fraction of sp³-hybridized carbons (Fsp3) is 0.312. The first-order valence-corrected chi connectivity index (χ1v) is 7.85. The van der Waals surface area contributed by atoms with E-state index in [4.69, 9.17) is 10.6 Å². The van der Waals surface area contributed by atoms with Gasteiger partial charge in [-0.1, -0.05) is 24.3 Å². The SMILES string of the molecule is NNC(CC1OCCc2ccccc21)c1ncccc1Br. The summed E-state index contributed by atoms with van der Waals surface area (Å²) >= 11 is 3.54. The van der Waals surface area contributed by atoms with Crippen molar-refractivity contribution in [2.75, 3.05) is 6.61 Å². The van der Waals surface area contributed by atoms with Crippen LogP contribution in [0.15, 0.2) is 47.1 Å². The van der Waals surface area contributed by atoms with Crippen LogP contribution in [0.2, 0.25) is 0 Å². The van der Waals surface area contributed by atoms with Gasteiger partial charge in [-0.25, -0.2) is 0 Å². The summed E-state index contributed by atoms with van der Waals surface area (Å²) in [6, 6.07) is 12.3. The zero-order valence-corrected chi connectivity index (χ0v) is 13.2. The summed E-state index contributed by atoms with van der Waals surface area (Å²) in [5.41, 5.74) is 6.40. The number of hydrogen-bond acceptors (Lipinski definition) is 4. The van der Waals surface area contributed by atoms with Gasteiger partial charge in [0, 0.05) is 17.1 Å². The van der Waals surface area contributed by atoms with E-state index < -0.39 is 0 Å². The average Bonchev–Trinajstić information content (AvgIpc) is 2.53. The summed E-state index contributed by atoms with van der Waals surface area (Å²) in [7, 11) is 0. The van der Waals surface area contributed by atoms with Gasteiger partial charge < -0.3 is 4.74 Å². The number of halogens is 1. The second-order valence-electron chi connectivity index (χ2n) is 5.13. The summed E-state index contributed by atoms with van der Waals surface area (Å²) in [6.07, 6.45) is 3.55. The van der Waals surface area contributed by atoms with E-state index in [0.29, 0.717) is 0 Å². The number of aromatic nitrogens is 1. The van der Waals surface area contributed by atoms with Gasteiger partial charge in [-0.3, -0.25) is 16.3 Å². The summed E-state index contributed by atoms with van der Waals surface area (Å²) in [4.78, 5) is 4.43. The van der Waals surface area contributed by atoms with Gasteiger partial charge in [0.05, 0.1) is 24.4 Å². The maximum absolute atomic E-state index is 5.96. The van der Waals surface area contributed by atoms with E-state index in [1.165, 1.54) is 11.1 Å². The van der Waals surface area contributed by atoms with Crippen LogP contribution in [-0.4, -0.2) is 11.6 Å². The second kappa shape index (κ2) is 6.66. The quantitative estimate of drug-likeness (QED) is 0.659. The van der Waals surface area contributed by atoms with Crippen molar-refractivity contribution in [3.63, 3.8) is 0 Å². The molecule has 1 aromatic carbocycles. The van der Waals surface area contributed by atoms with Crippen molar-refractivity contribution in [1.29, 1.82) is 0 Å². The number of hydrazine groups is 1. The molecule has 2 atom stereocenters. The monoisotopic (exact) mass is 347 g/mol. The highest BCUT2D eigenvalue weighted by Crippen LogP contribution is 2.35. The highest BCUT2D eigenvalue weighted by atomic mass is 79.9. The van der Waals surface area contributed by atoms with Crippen molar-refractivity contribution in [3.05, 3.63) is 63.9 Å². The summed E-state index contributed by atoms with van der Waals surface area (Å²) in [5.74, 6) is 5.74. The average molecular weight is 348 g/mol. The number of benzene rings is 1. The third-order valence-corrected chi connectivity index (χ3v) is 4.53. The maximum atomic E-state index is 5.96. The molecule has 0 saturated heterocycles. The summed E-state index contributed by atoms with van der Waals surface area (Å²) in [6.45, 7) is 0.752. The minimum atomic E-state index is -0.0586. The third-order valence-electron chi connectivity index (χ3n) is 3.86. The van der Waals surface area contributed by atoms with E-state index in [1.54, 1.807) is 6.20 Å². The molecule has 5 heteroatoms. The van der Waals surface area contributed by atoms with Crippen LogP contribution in [0.4, 0.5) is 0 Å². The Morgan fingerprint density at radius 3 is 3.00 bits per heavy atom. The molecule has 0 saturated carbocycles. The lowest BCUT2D eigenvalue weighted by Gasteiger charge is -2.29. The molecule has 1 aliphatic heterocycles. The molecule has 3 N–H and O–H groups in total. The minimum absolute atomic E-state index is 0.0462. The molecule has 2 unspecified atom stereocenters. The number of nitrogens with zero attached hydrogens (tertiary/aromatic N) is 1. The molecule has 4 nitrogen and oxygen atoms in total. The number of fused-ring (bicyclic) bond motifs is 1. The fourth-order valence-electron chi connectivity index (χ4n) is 2.80. The van der Waals surface area contributed by atoms with Crippen LogP contribution < -0.4 is 11.3 Å². The van der Waals surface area contributed by atoms with Crippen LogP contribution >= 0.6 is 15.9 Å². The van der Waals surface area contributed by atoms with Crippen molar-refractivity contribution >= 4 is 15.9 Å². The van der Waals surface area contributed by atoms with Gasteiger partial charge in [-0.2, -0.15) is 0 Å². The highest BCUT2D eigenvalue weighted by Gasteiger charge is 2.25. The molecule has 110 valence electrons. The highest BCUT2D eigenvalue weighted by molar-refractivity contribution is 9.10. The Labute approximate surface area is 132 Å². The molecule has 0 bridgehead atoms. The van der Waals surface area contributed by atoms with Crippen LogP contribution in [-0.2, 0) is 11.2 Å². The molecule has 0 radical (unpaired) electrons. The van der Waals surface area contributed by atoms with Crippen molar-refractivity contribution in [3.8, 4) is 0 Å². The number of nitrogens with two attached hydrogens (primary N) is 1. The molecule has 0 aliphatic carbocycles. The third kappa shape index (κ3) is 3.16. The molecular weight excluding hydrogens is 330 g/mol. The van der Waals surface area contributed by atoms with Crippen molar-refractivity contribution < 1.29 is 4.74 Å². The van der Waals surface area contributed by atoms with Crippen molar-refractivity contribution in [2.24, 2.45) is 5.84 Å². The molecule has 0 fully saturated rings. The predicted octanol–water partition coefficient (Wildman–Crippen LogP) is 3.05. The molecule has 2 heterocycles. The van der Waals surface area contributed by atoms with Gasteiger partial charge in [0.2, 0.25) is 0 Å². The van der Waals surface area contributed by atoms with E-state index in [1.807, 2.05) is 12.1 Å². The molecule has 0 amide bonds. The van der Waals surface area contributed by atoms with Gasteiger partial charge in [-0.05, 0) is 45.6 Å². The Morgan fingerprint density at radius 2 is 2.19 bits per heavy atom. The smallest absolute Gasteiger partial charge is 0.0847 e. The molecule has 3 rings (SSSR count). The van der Waals surface area contributed by atoms with Gasteiger partial charge in [0.1, 0.15) is 0 Å². The lowest BCUT2D eigenvalue weighted by molar-refractivity contribution is 0.0289. The van der Waals surface area contributed by atoms with Crippen LogP contribution in [0.5, 0.6) is 0 Å². The number of ether oxygens (including phenoxy) is 1. The number of pyridine rings is 1. The Morgan fingerprint density at radius 1 is 1.33 bits per heavy atom. The van der Waals surface area contributed by atoms with E-state index in [-0.39, 0.29) is 12.1 Å². The first-order chi connectivity index (χ1) is 10.3. The van der Waals surface area contributed by atoms with E-state index in [0.717, 1.165) is 29.6 Å². The Bertz CT molecular complexity index is 620. The van der Waals surface area contributed by atoms with E-state index >= 15 is 0 Å². The molecule has 0 spiro atoms. The Hall–Kier alpha value is -1.27. The van der Waals surface area contributed by atoms with Gasteiger partial charge in [0.15, 0.2) is 0 Å². The Balaban J connectivity index is 1.84. The molecule has 1 aliphatic rings. The lowest BCUT2D eigenvalue weighted by Crippen LogP contribution is -2.31. The topological polar surface area (TPSA) is 60.2 Å². The largest absolute Gasteiger partial charge is 0.373 e. The fourth-order valence-corrected chi connectivity index (χ4v) is 3.33. The van der Waals surface area contributed by atoms with Crippen LogP contribution in [0, 0.1) is 0 Å². The van der Waals surface area contributed by atoms with E-state index in [2.05, 4.69) is 50.6 Å². The zero-order valence-electron chi connectivity index (χ0n) is 11.6. The van der Waals surface area contributed by atoms with Gasteiger partial charge in [-0.15, -0.1) is 0 Å². The standard InChI is InChI=1S/C16H18BrN3O/c17-13-6-3-8-19-16(13)14(20-18)10-15-12-5-2-1-4-11(12)7-9-21-15/h1-6,8,14-15,20H,7,9-10,18H2. The normalized spacial score (nSPS) is 19.0. The number of hydrogen-bond donors (Lipinski definition) is 2. The van der Waals surface area contributed by atoms with Crippen LogP contribution in [0.1, 0.15) is 35.4 Å². The number of nitrogens with one attached hydrogen (secondary N) is 1. The van der Waals surface area contributed by atoms with E-state index in [9.17, 15) is 0 Å². The molecule has 2 aromatic rings. The predicted molar refractivity (Wildman–Crippen MR) is 85.5 cm³/mol. The molecular formula is C16H18BrN3O. The van der Waals surface area contributed by atoms with Crippen molar-refractivity contribution in [1.82, 2.24) is 10.4 Å². The summed E-state index contributed by atoms with van der Waals surface area (Å²) in [5, 5.41) is 0. The van der Waals surface area contributed by atoms with Crippen molar-refractivity contribution in [2.45, 2.75) is 25.0 Å². The summed E-state index contributed by atoms with van der Waals surface area (Å²) < 4.78 is 6.92. The van der Waals surface area contributed by atoms with Gasteiger partial charge >= 0.3 is 0 Å². The minimum Gasteiger partial charge on any atom is -0.373 e.